The van der Waals surface area contributed by atoms with Gasteiger partial charge in [0, 0.05) is 12.6 Å². The first kappa shape index (κ1) is 18.5. The molecule has 0 spiro atoms. The van der Waals surface area contributed by atoms with Gasteiger partial charge in [-0.3, -0.25) is 9.59 Å². The van der Waals surface area contributed by atoms with E-state index in [1.54, 1.807) is 36.2 Å². The lowest BCUT2D eigenvalue weighted by Gasteiger charge is -2.18. The van der Waals surface area contributed by atoms with Crippen molar-refractivity contribution < 1.29 is 19.1 Å². The summed E-state index contributed by atoms with van der Waals surface area (Å²) in [4.78, 5) is 24.9. The van der Waals surface area contributed by atoms with Gasteiger partial charge in [0.25, 0.3) is 5.91 Å². The zero-order chi connectivity index (χ0) is 18.2. The van der Waals surface area contributed by atoms with Crippen molar-refractivity contribution in [1.82, 2.24) is 4.90 Å². The summed E-state index contributed by atoms with van der Waals surface area (Å²) < 4.78 is 11.1. The maximum Gasteiger partial charge on any atom is 0.260 e. The summed E-state index contributed by atoms with van der Waals surface area (Å²) in [6, 6.07) is 14.5. The highest BCUT2D eigenvalue weighted by Crippen LogP contribution is 2.13. The molecule has 0 atom stereocenters. The molecular formula is C20H23NO4. The molecule has 2 aromatic carbocycles. The summed E-state index contributed by atoms with van der Waals surface area (Å²) >= 11 is 0. The molecule has 0 N–H and O–H groups in total. The van der Waals surface area contributed by atoms with E-state index in [1.807, 2.05) is 31.2 Å². The highest BCUT2D eigenvalue weighted by molar-refractivity contribution is 5.94. The summed E-state index contributed by atoms with van der Waals surface area (Å²) in [5, 5.41) is 0. The zero-order valence-corrected chi connectivity index (χ0v) is 14.8. The number of Topliss-reactive ketones (excluding diaryl/α,β-unsaturated/α-hetero) is 1. The number of hydrogen-bond donors (Lipinski definition) is 0. The van der Waals surface area contributed by atoms with Crippen LogP contribution in [-0.4, -0.2) is 43.4 Å². The second kappa shape index (κ2) is 8.87. The van der Waals surface area contributed by atoms with Crippen molar-refractivity contribution in [3.05, 3.63) is 59.7 Å². The molecule has 132 valence electrons. The maximum atomic E-state index is 12.1. The van der Waals surface area contributed by atoms with Gasteiger partial charge in [-0.15, -0.1) is 0 Å². The van der Waals surface area contributed by atoms with Crippen LogP contribution >= 0.6 is 0 Å². The van der Waals surface area contributed by atoms with Crippen LogP contribution in [0.4, 0.5) is 0 Å². The lowest BCUT2D eigenvalue weighted by atomic mass is 10.1. The van der Waals surface area contributed by atoms with Crippen LogP contribution in [-0.2, 0) is 4.79 Å². The van der Waals surface area contributed by atoms with Crippen molar-refractivity contribution >= 4 is 11.7 Å². The van der Waals surface area contributed by atoms with E-state index in [0.717, 1.165) is 11.3 Å². The van der Waals surface area contributed by atoms with Gasteiger partial charge in [-0.25, -0.2) is 0 Å². The highest BCUT2D eigenvalue weighted by Gasteiger charge is 2.10. The molecule has 0 radical (unpaired) electrons. The Hall–Kier alpha value is -2.82. The summed E-state index contributed by atoms with van der Waals surface area (Å²) in [6.07, 6.45) is 0. The molecule has 0 saturated carbocycles. The second-order valence-electron chi connectivity index (χ2n) is 5.85. The highest BCUT2D eigenvalue weighted by atomic mass is 16.5. The van der Waals surface area contributed by atoms with E-state index >= 15 is 0 Å². The summed E-state index contributed by atoms with van der Waals surface area (Å²) in [7, 11) is 1.71. The molecule has 0 saturated heterocycles. The van der Waals surface area contributed by atoms with Gasteiger partial charge in [0.2, 0.25) is 0 Å². The van der Waals surface area contributed by atoms with E-state index < -0.39 is 0 Å². The first-order valence-electron chi connectivity index (χ1n) is 8.13. The number of hydrogen-bond acceptors (Lipinski definition) is 4. The van der Waals surface area contributed by atoms with Crippen molar-refractivity contribution in [3.8, 4) is 11.5 Å². The quantitative estimate of drug-likeness (QED) is 0.692. The molecule has 5 heteroatoms. The van der Waals surface area contributed by atoms with Gasteiger partial charge in [-0.1, -0.05) is 12.1 Å². The molecule has 0 unspecified atom stereocenters. The van der Waals surface area contributed by atoms with Crippen molar-refractivity contribution in [2.24, 2.45) is 0 Å². The first-order chi connectivity index (χ1) is 12.0. The summed E-state index contributed by atoms with van der Waals surface area (Å²) in [5.41, 5.74) is 1.75. The molecule has 25 heavy (non-hydrogen) atoms. The Labute approximate surface area is 148 Å². The van der Waals surface area contributed by atoms with E-state index in [9.17, 15) is 9.59 Å². The van der Waals surface area contributed by atoms with Crippen LogP contribution in [0.2, 0.25) is 0 Å². The Morgan fingerprint density at radius 1 is 1.00 bits per heavy atom. The van der Waals surface area contributed by atoms with Crippen LogP contribution in [0.15, 0.2) is 48.5 Å². The largest absolute Gasteiger partial charge is 0.492 e. The third-order valence-corrected chi connectivity index (χ3v) is 3.73. The van der Waals surface area contributed by atoms with Crippen LogP contribution in [0.25, 0.3) is 0 Å². The Morgan fingerprint density at radius 3 is 2.36 bits per heavy atom. The molecule has 0 bridgehead atoms. The fraction of sp³-hybridized carbons (Fsp3) is 0.300. The SMILES string of the molecule is CC(=O)c1ccc(OCC(=O)N(C)CCOc2cccc(C)c2)cc1. The van der Waals surface area contributed by atoms with E-state index in [-0.39, 0.29) is 18.3 Å². The Balaban J connectivity index is 1.73. The lowest BCUT2D eigenvalue weighted by Crippen LogP contribution is -2.34. The van der Waals surface area contributed by atoms with E-state index in [4.69, 9.17) is 9.47 Å². The molecule has 2 rings (SSSR count). The number of amides is 1. The van der Waals surface area contributed by atoms with Crippen LogP contribution in [0.3, 0.4) is 0 Å². The van der Waals surface area contributed by atoms with Crippen LogP contribution in [0.5, 0.6) is 11.5 Å². The van der Waals surface area contributed by atoms with Gasteiger partial charge in [-0.05, 0) is 55.8 Å². The van der Waals surface area contributed by atoms with Gasteiger partial charge >= 0.3 is 0 Å². The van der Waals surface area contributed by atoms with Gasteiger partial charge < -0.3 is 14.4 Å². The average molecular weight is 341 g/mol. The van der Waals surface area contributed by atoms with Gasteiger partial charge in [-0.2, -0.15) is 0 Å². The molecule has 0 heterocycles. The molecule has 0 fully saturated rings. The molecule has 5 nitrogen and oxygen atoms in total. The molecule has 0 aliphatic rings. The molecule has 2 aromatic rings. The third kappa shape index (κ3) is 5.95. The number of aryl methyl sites for hydroxylation is 1. The molecule has 1 amide bonds. The molecule has 0 aliphatic heterocycles. The minimum Gasteiger partial charge on any atom is -0.492 e. The van der Waals surface area contributed by atoms with E-state index in [2.05, 4.69) is 0 Å². The predicted octanol–water partition coefficient (Wildman–Crippen LogP) is 3.11. The van der Waals surface area contributed by atoms with Crippen LogP contribution in [0.1, 0.15) is 22.8 Å². The monoisotopic (exact) mass is 341 g/mol. The number of ketones is 1. The number of carbonyl (C=O) groups is 2. The second-order valence-corrected chi connectivity index (χ2v) is 5.85. The van der Waals surface area contributed by atoms with Gasteiger partial charge in [0.15, 0.2) is 12.4 Å². The number of ether oxygens (including phenoxy) is 2. The summed E-state index contributed by atoms with van der Waals surface area (Å²) in [6.45, 7) is 4.34. The normalized spacial score (nSPS) is 10.2. The Morgan fingerprint density at radius 2 is 1.72 bits per heavy atom. The number of rotatable bonds is 8. The topological polar surface area (TPSA) is 55.8 Å². The molecular weight excluding hydrogens is 318 g/mol. The van der Waals surface area contributed by atoms with Crippen molar-refractivity contribution in [3.63, 3.8) is 0 Å². The number of carbonyl (C=O) groups excluding carboxylic acids is 2. The molecule has 0 aliphatic carbocycles. The average Bonchev–Trinajstić information content (AvgIpc) is 2.60. The van der Waals surface area contributed by atoms with Crippen molar-refractivity contribution in [2.45, 2.75) is 13.8 Å². The summed E-state index contributed by atoms with van der Waals surface area (Å²) in [5.74, 6) is 1.21. The van der Waals surface area contributed by atoms with E-state index in [1.165, 1.54) is 6.92 Å². The van der Waals surface area contributed by atoms with Gasteiger partial charge in [0.1, 0.15) is 18.1 Å². The van der Waals surface area contributed by atoms with Crippen LogP contribution in [0, 0.1) is 6.92 Å². The third-order valence-electron chi connectivity index (χ3n) is 3.73. The van der Waals surface area contributed by atoms with Crippen LogP contribution < -0.4 is 9.47 Å². The van der Waals surface area contributed by atoms with Crippen molar-refractivity contribution in [2.75, 3.05) is 26.8 Å². The minimum absolute atomic E-state index is 0.00373. The predicted molar refractivity (Wildman–Crippen MR) is 96.3 cm³/mol. The minimum atomic E-state index is -0.136. The lowest BCUT2D eigenvalue weighted by molar-refractivity contribution is -0.132. The Bertz CT molecular complexity index is 725. The maximum absolute atomic E-state index is 12.1. The smallest absolute Gasteiger partial charge is 0.260 e. The molecule has 0 aromatic heterocycles. The fourth-order valence-corrected chi connectivity index (χ4v) is 2.17. The Kier molecular flexibility index (Phi) is 6.57. The van der Waals surface area contributed by atoms with Crippen molar-refractivity contribution in [1.29, 1.82) is 0 Å². The zero-order valence-electron chi connectivity index (χ0n) is 14.8. The first-order valence-corrected chi connectivity index (χ1v) is 8.13. The number of benzene rings is 2. The standard InChI is InChI=1S/C20H23NO4/c1-15-5-4-6-19(13-15)24-12-11-21(3)20(23)14-25-18-9-7-17(8-10-18)16(2)22/h4-10,13H,11-12,14H2,1-3H3. The van der Waals surface area contributed by atoms with Gasteiger partial charge in [0.05, 0.1) is 6.54 Å². The fourth-order valence-electron chi connectivity index (χ4n) is 2.17. The number of likely N-dealkylation sites (N-methyl/N-ethyl adjacent to an activating group) is 1. The van der Waals surface area contributed by atoms with E-state index in [0.29, 0.717) is 24.5 Å². The number of nitrogens with zero attached hydrogens (tertiary/aromatic N) is 1.